The highest BCUT2D eigenvalue weighted by atomic mass is 16.5. The number of methoxy groups -OCH3 is 1. The largest absolute Gasteiger partial charge is 0.496 e. The number of aryl methyl sites for hydroxylation is 2. The molecule has 0 saturated heterocycles. The van der Waals surface area contributed by atoms with Crippen molar-refractivity contribution in [3.63, 3.8) is 0 Å². The molecule has 0 fully saturated rings. The Bertz CT molecular complexity index is 578. The summed E-state index contributed by atoms with van der Waals surface area (Å²) in [7, 11) is 1.64. The van der Waals surface area contributed by atoms with Crippen LogP contribution in [-0.2, 0) is 0 Å². The molecule has 0 aliphatic rings. The molecule has 0 aliphatic heterocycles. The van der Waals surface area contributed by atoms with E-state index in [0.29, 0.717) is 5.82 Å². The van der Waals surface area contributed by atoms with Gasteiger partial charge in [0.15, 0.2) is 0 Å². The molecule has 6 nitrogen and oxygen atoms in total. The molecule has 6 heteroatoms. The lowest BCUT2D eigenvalue weighted by molar-refractivity contribution is 0.403. The van der Waals surface area contributed by atoms with Crippen LogP contribution in [0.2, 0.25) is 0 Å². The van der Waals surface area contributed by atoms with Crippen molar-refractivity contribution < 1.29 is 4.74 Å². The maximum absolute atomic E-state index is 5.87. The van der Waals surface area contributed by atoms with Crippen LogP contribution in [-0.4, -0.2) is 17.3 Å². The molecule has 2 aromatic rings. The minimum absolute atomic E-state index is 0.269. The van der Waals surface area contributed by atoms with Gasteiger partial charge in [-0.25, -0.2) is 5.43 Å². The number of nitrogen functional groups attached to an aromatic ring is 1. The number of nitrogens with two attached hydrogens (primary N) is 2. The zero-order chi connectivity index (χ0) is 14.0. The van der Waals surface area contributed by atoms with E-state index in [2.05, 4.69) is 21.7 Å². The average molecular weight is 261 g/mol. The number of rotatable bonds is 4. The van der Waals surface area contributed by atoms with Crippen LogP contribution >= 0.6 is 0 Å². The van der Waals surface area contributed by atoms with E-state index in [1.807, 2.05) is 19.9 Å². The maximum atomic E-state index is 5.87. The normalized spacial score (nSPS) is 12.4. The van der Waals surface area contributed by atoms with E-state index >= 15 is 0 Å². The van der Waals surface area contributed by atoms with E-state index in [0.717, 1.165) is 28.0 Å². The number of aromatic nitrogens is 2. The van der Waals surface area contributed by atoms with Crippen LogP contribution in [0, 0.1) is 13.8 Å². The summed E-state index contributed by atoms with van der Waals surface area (Å²) in [6.45, 7) is 4.04. The van der Waals surface area contributed by atoms with E-state index in [-0.39, 0.29) is 6.04 Å². The lowest BCUT2D eigenvalue weighted by Crippen LogP contribution is -2.30. The zero-order valence-corrected chi connectivity index (χ0v) is 11.3. The second-order valence-electron chi connectivity index (χ2n) is 4.54. The molecule has 0 saturated carbocycles. The molecule has 1 aromatic heterocycles. The number of nitrogens with one attached hydrogen (secondary N) is 2. The third kappa shape index (κ3) is 2.40. The Morgan fingerprint density at radius 3 is 2.63 bits per heavy atom. The number of nitrogens with zero attached hydrogens (tertiary/aromatic N) is 1. The maximum Gasteiger partial charge on any atom is 0.124 e. The highest BCUT2D eigenvalue weighted by Gasteiger charge is 2.22. The van der Waals surface area contributed by atoms with Crippen molar-refractivity contribution in [1.82, 2.24) is 15.6 Å². The lowest BCUT2D eigenvalue weighted by Gasteiger charge is -2.21. The van der Waals surface area contributed by atoms with Gasteiger partial charge in [0.05, 0.1) is 19.3 Å². The Morgan fingerprint density at radius 1 is 1.37 bits per heavy atom. The molecule has 1 heterocycles. The second-order valence-corrected chi connectivity index (χ2v) is 4.54. The van der Waals surface area contributed by atoms with Crippen LogP contribution in [0.3, 0.4) is 0 Å². The van der Waals surface area contributed by atoms with Crippen molar-refractivity contribution in [3.05, 3.63) is 40.6 Å². The molecule has 0 bridgehead atoms. The van der Waals surface area contributed by atoms with Crippen molar-refractivity contribution in [1.29, 1.82) is 0 Å². The molecule has 2 rings (SSSR count). The van der Waals surface area contributed by atoms with Crippen molar-refractivity contribution in [2.75, 3.05) is 12.8 Å². The van der Waals surface area contributed by atoms with Gasteiger partial charge in [0.1, 0.15) is 11.6 Å². The van der Waals surface area contributed by atoms with Gasteiger partial charge in [0.25, 0.3) is 0 Å². The summed E-state index contributed by atoms with van der Waals surface area (Å²) in [5.41, 5.74) is 12.6. The Morgan fingerprint density at radius 2 is 2.11 bits per heavy atom. The van der Waals surface area contributed by atoms with Gasteiger partial charge in [-0.05, 0) is 31.0 Å². The fourth-order valence-electron chi connectivity index (χ4n) is 2.34. The number of benzene rings is 1. The summed E-state index contributed by atoms with van der Waals surface area (Å²) in [6, 6.07) is 3.79. The lowest BCUT2D eigenvalue weighted by atomic mass is 9.94. The summed E-state index contributed by atoms with van der Waals surface area (Å²) in [4.78, 5) is 0. The van der Waals surface area contributed by atoms with Gasteiger partial charge in [-0.1, -0.05) is 6.07 Å². The molecular weight excluding hydrogens is 242 g/mol. The molecule has 0 spiro atoms. The van der Waals surface area contributed by atoms with Gasteiger partial charge in [0.2, 0.25) is 0 Å². The molecule has 6 N–H and O–H groups in total. The zero-order valence-electron chi connectivity index (χ0n) is 11.3. The minimum atomic E-state index is -0.269. The van der Waals surface area contributed by atoms with Gasteiger partial charge in [0, 0.05) is 11.1 Å². The molecule has 19 heavy (non-hydrogen) atoms. The third-order valence-corrected chi connectivity index (χ3v) is 3.18. The van der Waals surface area contributed by atoms with Crippen molar-refractivity contribution in [3.8, 4) is 5.75 Å². The number of hydrazine groups is 1. The first-order valence-electron chi connectivity index (χ1n) is 5.98. The fraction of sp³-hybridized carbons (Fsp3) is 0.308. The Kier molecular flexibility index (Phi) is 3.73. The summed E-state index contributed by atoms with van der Waals surface area (Å²) in [5.74, 6) is 6.96. The van der Waals surface area contributed by atoms with E-state index < -0.39 is 0 Å². The van der Waals surface area contributed by atoms with Crippen molar-refractivity contribution in [2.45, 2.75) is 19.9 Å². The number of ether oxygens (including phenoxy) is 1. The Hall–Kier alpha value is -2.05. The van der Waals surface area contributed by atoms with Crippen LogP contribution in [0.15, 0.2) is 18.3 Å². The van der Waals surface area contributed by atoms with Crippen LogP contribution < -0.4 is 21.7 Å². The number of hydrogen-bond donors (Lipinski definition) is 4. The third-order valence-electron chi connectivity index (χ3n) is 3.18. The first-order chi connectivity index (χ1) is 9.08. The Labute approximate surface area is 112 Å². The van der Waals surface area contributed by atoms with Gasteiger partial charge >= 0.3 is 0 Å². The van der Waals surface area contributed by atoms with Gasteiger partial charge in [-0.2, -0.15) is 5.10 Å². The SMILES string of the molecule is COc1cc(C)cc(C)c1C(NN)c1cn[nH]c1N. The van der Waals surface area contributed by atoms with E-state index in [1.54, 1.807) is 13.3 Å². The first kappa shape index (κ1) is 13.4. The second kappa shape index (κ2) is 5.29. The molecule has 1 aromatic carbocycles. The summed E-state index contributed by atoms with van der Waals surface area (Å²) < 4.78 is 5.46. The van der Waals surface area contributed by atoms with E-state index in [1.165, 1.54) is 0 Å². The number of H-pyrrole nitrogens is 1. The summed E-state index contributed by atoms with van der Waals surface area (Å²) in [6.07, 6.45) is 1.67. The van der Waals surface area contributed by atoms with Gasteiger partial charge < -0.3 is 10.5 Å². The fourth-order valence-corrected chi connectivity index (χ4v) is 2.34. The molecule has 1 atom stereocenters. The predicted octanol–water partition coefficient (Wildman–Crippen LogP) is 1.17. The first-order valence-corrected chi connectivity index (χ1v) is 5.98. The number of hydrogen-bond acceptors (Lipinski definition) is 5. The average Bonchev–Trinajstić information content (AvgIpc) is 2.78. The quantitative estimate of drug-likeness (QED) is 0.489. The van der Waals surface area contributed by atoms with Crippen LogP contribution in [0.4, 0.5) is 5.82 Å². The standard InChI is InChI=1S/C13H19N5O/c1-7-4-8(2)11(10(5-7)19-3)12(17-15)9-6-16-18-13(9)14/h4-6,12,17H,15H2,1-3H3,(H3,14,16,18). The molecule has 0 amide bonds. The van der Waals surface area contributed by atoms with Crippen LogP contribution in [0.5, 0.6) is 5.75 Å². The topological polar surface area (TPSA) is 102 Å². The molecule has 0 radical (unpaired) electrons. The van der Waals surface area contributed by atoms with Gasteiger partial charge in [-0.3, -0.25) is 10.9 Å². The number of aromatic amines is 1. The Balaban J connectivity index is 2.59. The monoisotopic (exact) mass is 261 g/mol. The highest BCUT2D eigenvalue weighted by Crippen LogP contribution is 2.34. The van der Waals surface area contributed by atoms with Crippen LogP contribution in [0.25, 0.3) is 0 Å². The smallest absolute Gasteiger partial charge is 0.124 e. The minimum Gasteiger partial charge on any atom is -0.496 e. The van der Waals surface area contributed by atoms with E-state index in [4.69, 9.17) is 16.3 Å². The number of anilines is 1. The van der Waals surface area contributed by atoms with Crippen molar-refractivity contribution in [2.24, 2.45) is 5.84 Å². The molecule has 0 aliphatic carbocycles. The van der Waals surface area contributed by atoms with E-state index in [9.17, 15) is 0 Å². The molecule has 102 valence electrons. The highest BCUT2D eigenvalue weighted by molar-refractivity contribution is 5.52. The molecule has 1 unspecified atom stereocenters. The predicted molar refractivity (Wildman–Crippen MR) is 74.6 cm³/mol. The summed E-state index contributed by atoms with van der Waals surface area (Å²) >= 11 is 0. The summed E-state index contributed by atoms with van der Waals surface area (Å²) in [5, 5.41) is 6.65. The van der Waals surface area contributed by atoms with Crippen LogP contribution in [0.1, 0.15) is 28.3 Å². The van der Waals surface area contributed by atoms with Crippen molar-refractivity contribution >= 4 is 5.82 Å². The van der Waals surface area contributed by atoms with Gasteiger partial charge in [-0.15, -0.1) is 0 Å². The molecular formula is C13H19N5O.